The minimum absolute atomic E-state index is 0.0237. The molecule has 1 nitrogen and oxygen atoms in total. The number of nitrogens with zero attached hydrogens (tertiary/aromatic N) is 1. The van der Waals surface area contributed by atoms with Crippen LogP contribution in [0.5, 0.6) is 0 Å². The van der Waals surface area contributed by atoms with Crippen molar-refractivity contribution >= 4 is 21.8 Å². The topological polar surface area (TPSA) is 4.93 Å². The number of rotatable bonds is 0. The molecule has 0 spiro atoms. The first-order valence-corrected chi connectivity index (χ1v) is 9.04. The lowest BCUT2D eigenvalue weighted by atomic mass is 9.80. The number of hydrogen-bond acceptors (Lipinski definition) is 0. The molecule has 3 aromatic carbocycles. The number of benzene rings is 3. The average molecular weight is 325 g/mol. The van der Waals surface area contributed by atoms with Crippen molar-refractivity contribution in [2.45, 2.75) is 33.1 Å². The van der Waals surface area contributed by atoms with E-state index in [1.807, 2.05) is 0 Å². The quantitative estimate of drug-likeness (QED) is 0.360. The third-order valence-electron chi connectivity index (χ3n) is 6.18. The van der Waals surface area contributed by atoms with Crippen molar-refractivity contribution in [3.05, 3.63) is 70.8 Å². The number of para-hydroxylation sites is 1. The van der Waals surface area contributed by atoms with Crippen molar-refractivity contribution < 1.29 is 0 Å². The molecule has 1 aromatic heterocycles. The molecule has 0 saturated heterocycles. The molecule has 0 N–H and O–H groups in total. The molecule has 1 heteroatoms. The Labute approximate surface area is 148 Å². The zero-order valence-electron chi connectivity index (χ0n) is 15.6. The van der Waals surface area contributed by atoms with Crippen molar-refractivity contribution in [2.75, 3.05) is 0 Å². The highest BCUT2D eigenvalue weighted by atomic mass is 14.9. The SMILES string of the molecule is Cc1cccc2c3c4c(cc(C)c3n(C)c12)-c1ccccc1C4(C)C. The van der Waals surface area contributed by atoms with E-state index in [-0.39, 0.29) is 5.41 Å². The van der Waals surface area contributed by atoms with Gasteiger partial charge in [0.2, 0.25) is 0 Å². The van der Waals surface area contributed by atoms with Gasteiger partial charge in [0.25, 0.3) is 0 Å². The van der Waals surface area contributed by atoms with E-state index >= 15 is 0 Å². The molecule has 0 atom stereocenters. The minimum Gasteiger partial charge on any atom is -0.343 e. The predicted molar refractivity (Wildman–Crippen MR) is 107 cm³/mol. The second kappa shape index (κ2) is 4.54. The van der Waals surface area contributed by atoms with Crippen LogP contribution in [0.1, 0.15) is 36.1 Å². The molecule has 0 unspecified atom stereocenters. The maximum atomic E-state index is 2.40. The fourth-order valence-electron chi connectivity index (χ4n) is 5.18. The molecule has 0 amide bonds. The van der Waals surface area contributed by atoms with Crippen LogP contribution in [0, 0.1) is 13.8 Å². The highest BCUT2D eigenvalue weighted by Crippen LogP contribution is 2.53. The number of fused-ring (bicyclic) bond motifs is 7. The Bertz CT molecular complexity index is 1190. The molecule has 4 aromatic rings. The Balaban J connectivity index is 2.10. The fraction of sp³-hybridized carbons (Fsp3) is 0.250. The van der Waals surface area contributed by atoms with Gasteiger partial charge >= 0.3 is 0 Å². The van der Waals surface area contributed by atoms with Crippen LogP contribution in [0.2, 0.25) is 0 Å². The van der Waals surface area contributed by atoms with Gasteiger partial charge in [-0.25, -0.2) is 0 Å². The van der Waals surface area contributed by atoms with Crippen LogP contribution in [0.15, 0.2) is 48.5 Å². The summed E-state index contributed by atoms with van der Waals surface area (Å²) in [6.45, 7) is 9.23. The maximum absolute atomic E-state index is 2.40. The molecule has 5 rings (SSSR count). The van der Waals surface area contributed by atoms with Crippen LogP contribution >= 0.6 is 0 Å². The largest absolute Gasteiger partial charge is 0.343 e. The van der Waals surface area contributed by atoms with Crippen molar-refractivity contribution in [1.29, 1.82) is 0 Å². The lowest BCUT2D eigenvalue weighted by Gasteiger charge is -2.23. The van der Waals surface area contributed by atoms with Crippen LogP contribution in [0.4, 0.5) is 0 Å². The Morgan fingerprint density at radius 1 is 0.800 bits per heavy atom. The van der Waals surface area contributed by atoms with E-state index in [2.05, 4.69) is 87.8 Å². The van der Waals surface area contributed by atoms with E-state index in [1.54, 1.807) is 0 Å². The molecule has 1 heterocycles. The molecule has 0 fully saturated rings. The monoisotopic (exact) mass is 325 g/mol. The van der Waals surface area contributed by atoms with E-state index in [1.165, 1.54) is 55.2 Å². The second-order valence-corrected chi connectivity index (χ2v) is 8.04. The van der Waals surface area contributed by atoms with Crippen LogP contribution in [0.25, 0.3) is 32.9 Å². The maximum Gasteiger partial charge on any atom is 0.0522 e. The van der Waals surface area contributed by atoms with Gasteiger partial charge in [-0.2, -0.15) is 0 Å². The predicted octanol–water partition coefficient (Wildman–Crippen LogP) is 6.25. The molecular formula is C24H23N. The van der Waals surface area contributed by atoms with E-state index in [4.69, 9.17) is 0 Å². The van der Waals surface area contributed by atoms with Crippen LogP contribution in [0.3, 0.4) is 0 Å². The Hall–Kier alpha value is -2.54. The lowest BCUT2D eigenvalue weighted by Crippen LogP contribution is -2.15. The van der Waals surface area contributed by atoms with E-state index in [9.17, 15) is 0 Å². The highest BCUT2D eigenvalue weighted by Gasteiger charge is 2.38. The standard InChI is InChI=1S/C24H23N/c1-14-9-8-11-17-20-21-18(13-15(2)23(20)25(5)22(14)17)16-10-6-7-12-19(16)24(21,3)4/h6-13H,1-5H3. The molecule has 0 radical (unpaired) electrons. The van der Waals surface area contributed by atoms with Gasteiger partial charge in [0.05, 0.1) is 11.0 Å². The van der Waals surface area contributed by atoms with Crippen LogP contribution in [-0.4, -0.2) is 4.57 Å². The third-order valence-corrected chi connectivity index (χ3v) is 6.18. The molecule has 124 valence electrons. The van der Waals surface area contributed by atoms with Gasteiger partial charge in [0.15, 0.2) is 0 Å². The third kappa shape index (κ3) is 1.64. The Morgan fingerprint density at radius 3 is 2.36 bits per heavy atom. The molecule has 0 saturated carbocycles. The summed E-state index contributed by atoms with van der Waals surface area (Å²) in [5.41, 5.74) is 11.2. The minimum atomic E-state index is 0.0237. The number of hydrogen-bond donors (Lipinski definition) is 0. The Kier molecular flexibility index (Phi) is 2.69. The van der Waals surface area contributed by atoms with Gasteiger partial charge in [0.1, 0.15) is 0 Å². The van der Waals surface area contributed by atoms with Crippen molar-refractivity contribution in [2.24, 2.45) is 7.05 Å². The molecule has 1 aliphatic rings. The summed E-state index contributed by atoms with van der Waals surface area (Å²) in [4.78, 5) is 0. The van der Waals surface area contributed by atoms with Crippen LogP contribution in [-0.2, 0) is 12.5 Å². The number of aryl methyl sites for hydroxylation is 3. The first-order chi connectivity index (χ1) is 11.9. The first kappa shape index (κ1) is 14.8. The van der Waals surface area contributed by atoms with E-state index in [0.29, 0.717) is 0 Å². The summed E-state index contributed by atoms with van der Waals surface area (Å²) in [5, 5.41) is 2.83. The molecule has 0 aliphatic heterocycles. The van der Waals surface area contributed by atoms with Gasteiger partial charge in [-0.05, 0) is 53.3 Å². The molecule has 0 bridgehead atoms. The zero-order valence-corrected chi connectivity index (χ0v) is 15.6. The number of aromatic nitrogens is 1. The molecular weight excluding hydrogens is 302 g/mol. The molecule has 1 aliphatic carbocycles. The van der Waals surface area contributed by atoms with Crippen molar-refractivity contribution in [1.82, 2.24) is 4.57 Å². The van der Waals surface area contributed by atoms with Gasteiger partial charge in [-0.3, -0.25) is 0 Å². The first-order valence-electron chi connectivity index (χ1n) is 9.04. The summed E-state index contributed by atoms with van der Waals surface area (Å²) >= 11 is 0. The lowest BCUT2D eigenvalue weighted by molar-refractivity contribution is 0.666. The van der Waals surface area contributed by atoms with Gasteiger partial charge in [-0.1, -0.05) is 56.3 Å². The molecule has 25 heavy (non-hydrogen) atoms. The van der Waals surface area contributed by atoms with E-state index < -0.39 is 0 Å². The second-order valence-electron chi connectivity index (χ2n) is 8.04. The summed E-state index contributed by atoms with van der Waals surface area (Å²) in [6.07, 6.45) is 0. The summed E-state index contributed by atoms with van der Waals surface area (Å²) in [7, 11) is 2.21. The van der Waals surface area contributed by atoms with Crippen molar-refractivity contribution in [3.8, 4) is 11.1 Å². The smallest absolute Gasteiger partial charge is 0.0522 e. The Morgan fingerprint density at radius 2 is 1.56 bits per heavy atom. The highest BCUT2D eigenvalue weighted by molar-refractivity contribution is 6.15. The normalized spacial score (nSPS) is 14.9. The van der Waals surface area contributed by atoms with Gasteiger partial charge in [0, 0.05) is 23.2 Å². The average Bonchev–Trinajstić information content (AvgIpc) is 3.00. The van der Waals surface area contributed by atoms with Crippen LogP contribution < -0.4 is 0 Å². The summed E-state index contributed by atoms with van der Waals surface area (Å²) in [6, 6.07) is 18.0. The van der Waals surface area contributed by atoms with Gasteiger partial charge < -0.3 is 4.57 Å². The summed E-state index contributed by atoms with van der Waals surface area (Å²) < 4.78 is 2.40. The fourth-order valence-corrected chi connectivity index (χ4v) is 5.18. The summed E-state index contributed by atoms with van der Waals surface area (Å²) in [5.74, 6) is 0. The van der Waals surface area contributed by atoms with Crippen molar-refractivity contribution in [3.63, 3.8) is 0 Å². The van der Waals surface area contributed by atoms with Gasteiger partial charge in [-0.15, -0.1) is 0 Å². The van der Waals surface area contributed by atoms with E-state index in [0.717, 1.165) is 0 Å². The zero-order chi connectivity index (χ0) is 17.5.